The fraction of sp³-hybridized carbons (Fsp3) is 0.667. The van der Waals surface area contributed by atoms with E-state index in [1.807, 2.05) is 65.5 Å². The summed E-state index contributed by atoms with van der Waals surface area (Å²) in [5.74, 6) is 0.107. The number of carbonyl (C=O) groups is 1. The van der Waals surface area contributed by atoms with Crippen LogP contribution >= 0.6 is 0 Å². The van der Waals surface area contributed by atoms with Crippen molar-refractivity contribution in [2.75, 3.05) is 26.2 Å². The molecule has 0 bridgehead atoms. The molecule has 1 fully saturated rings. The molecular weight excluding hydrogens is 374 g/mol. The van der Waals surface area contributed by atoms with E-state index in [1.54, 1.807) is 10.4 Å². The quantitative estimate of drug-likeness (QED) is 0.725. The number of nitrogens with zero attached hydrogens (tertiary/aromatic N) is 3. The molecule has 1 aliphatic rings. The van der Waals surface area contributed by atoms with Gasteiger partial charge < -0.3 is 4.90 Å². The van der Waals surface area contributed by atoms with Crippen molar-refractivity contribution in [1.29, 1.82) is 0 Å². The standard InChI is InChI=1S/C21H35N3O3S/c1-15(2)24(16(3)4)21(25)19(7)22-10-12-23(13-11-22)28(26,27)20-14-17(5)8-9-18(20)6/h8-9,14-16,19H,10-13H2,1-7H3/t19-/m0/s1. The maximum absolute atomic E-state index is 13.1. The van der Waals surface area contributed by atoms with Crippen molar-refractivity contribution in [1.82, 2.24) is 14.1 Å². The lowest BCUT2D eigenvalue weighted by molar-refractivity contribution is -0.140. The van der Waals surface area contributed by atoms with Crippen molar-refractivity contribution in [2.24, 2.45) is 0 Å². The fourth-order valence-electron chi connectivity index (χ4n) is 3.93. The van der Waals surface area contributed by atoms with Crippen LogP contribution in [-0.4, -0.2) is 72.7 Å². The Morgan fingerprint density at radius 3 is 2.00 bits per heavy atom. The van der Waals surface area contributed by atoms with Gasteiger partial charge in [-0.3, -0.25) is 9.69 Å². The molecule has 0 unspecified atom stereocenters. The molecule has 1 aliphatic heterocycles. The number of hydrogen-bond acceptors (Lipinski definition) is 4. The first-order chi connectivity index (χ1) is 13.0. The lowest BCUT2D eigenvalue weighted by atomic mass is 10.1. The van der Waals surface area contributed by atoms with E-state index < -0.39 is 10.0 Å². The number of piperazine rings is 1. The van der Waals surface area contributed by atoms with Crippen LogP contribution in [0.15, 0.2) is 23.1 Å². The smallest absolute Gasteiger partial charge is 0.243 e. The Morgan fingerprint density at radius 1 is 0.964 bits per heavy atom. The summed E-state index contributed by atoms with van der Waals surface area (Å²) in [5.41, 5.74) is 1.70. The van der Waals surface area contributed by atoms with Gasteiger partial charge in [-0.05, 0) is 65.7 Å². The van der Waals surface area contributed by atoms with Gasteiger partial charge in [0, 0.05) is 38.3 Å². The topological polar surface area (TPSA) is 60.9 Å². The molecule has 0 N–H and O–H groups in total. The molecule has 0 aromatic heterocycles. The number of benzene rings is 1. The summed E-state index contributed by atoms with van der Waals surface area (Å²) in [6.07, 6.45) is 0. The average Bonchev–Trinajstić information content (AvgIpc) is 2.62. The van der Waals surface area contributed by atoms with E-state index in [2.05, 4.69) is 4.90 Å². The summed E-state index contributed by atoms with van der Waals surface area (Å²) in [6, 6.07) is 5.55. The fourth-order valence-corrected chi connectivity index (χ4v) is 5.66. The Hall–Kier alpha value is -1.44. The van der Waals surface area contributed by atoms with E-state index >= 15 is 0 Å². The number of sulfonamides is 1. The Labute approximate surface area is 170 Å². The predicted octanol–water partition coefficient (Wildman–Crippen LogP) is 2.64. The Kier molecular flexibility index (Phi) is 7.28. The highest BCUT2D eigenvalue weighted by atomic mass is 32.2. The second-order valence-electron chi connectivity index (χ2n) is 8.32. The van der Waals surface area contributed by atoms with Crippen molar-refractivity contribution in [3.05, 3.63) is 29.3 Å². The van der Waals surface area contributed by atoms with Crippen LogP contribution in [0.4, 0.5) is 0 Å². The lowest BCUT2D eigenvalue weighted by Gasteiger charge is -2.40. The minimum Gasteiger partial charge on any atom is -0.336 e. The number of amides is 1. The van der Waals surface area contributed by atoms with Crippen LogP contribution in [0.25, 0.3) is 0 Å². The SMILES string of the molecule is Cc1ccc(C)c(S(=O)(=O)N2CCN([C@@H](C)C(=O)N(C(C)C)C(C)C)CC2)c1. The predicted molar refractivity (Wildman–Crippen MR) is 113 cm³/mol. The van der Waals surface area contributed by atoms with Crippen LogP contribution in [0, 0.1) is 13.8 Å². The molecule has 158 valence electrons. The third-order valence-electron chi connectivity index (χ3n) is 5.51. The summed E-state index contributed by atoms with van der Waals surface area (Å²) in [6.45, 7) is 15.7. The van der Waals surface area contributed by atoms with Crippen molar-refractivity contribution < 1.29 is 13.2 Å². The molecule has 1 aromatic carbocycles. The normalized spacial score (nSPS) is 17.9. The number of carbonyl (C=O) groups excluding carboxylic acids is 1. The van der Waals surface area contributed by atoms with Crippen LogP contribution in [-0.2, 0) is 14.8 Å². The van der Waals surface area contributed by atoms with Crippen LogP contribution < -0.4 is 0 Å². The minimum atomic E-state index is -3.52. The number of hydrogen-bond donors (Lipinski definition) is 0. The van der Waals surface area contributed by atoms with E-state index in [0.29, 0.717) is 31.1 Å². The molecule has 1 heterocycles. The summed E-state index contributed by atoms with van der Waals surface area (Å²) in [7, 11) is -3.52. The summed E-state index contributed by atoms with van der Waals surface area (Å²) < 4.78 is 27.7. The Morgan fingerprint density at radius 2 is 1.50 bits per heavy atom. The molecular formula is C21H35N3O3S. The van der Waals surface area contributed by atoms with Gasteiger partial charge >= 0.3 is 0 Å². The lowest BCUT2D eigenvalue weighted by Crippen LogP contribution is -2.57. The first-order valence-corrected chi connectivity index (χ1v) is 11.5. The van der Waals surface area contributed by atoms with E-state index in [0.717, 1.165) is 11.1 Å². The zero-order valence-corrected chi connectivity index (χ0v) is 19.1. The van der Waals surface area contributed by atoms with Gasteiger partial charge in [-0.1, -0.05) is 12.1 Å². The summed E-state index contributed by atoms with van der Waals surface area (Å²) >= 11 is 0. The first-order valence-electron chi connectivity index (χ1n) is 10.1. The average molecular weight is 410 g/mol. The van der Waals surface area contributed by atoms with Gasteiger partial charge in [0.2, 0.25) is 15.9 Å². The number of aryl methyl sites for hydroxylation is 2. The van der Waals surface area contributed by atoms with Gasteiger partial charge in [-0.2, -0.15) is 4.31 Å². The van der Waals surface area contributed by atoms with Crippen molar-refractivity contribution in [3.63, 3.8) is 0 Å². The molecule has 1 saturated heterocycles. The molecule has 1 aromatic rings. The summed E-state index contributed by atoms with van der Waals surface area (Å²) in [5, 5.41) is 0. The van der Waals surface area contributed by atoms with Gasteiger partial charge in [0.05, 0.1) is 10.9 Å². The van der Waals surface area contributed by atoms with E-state index in [-0.39, 0.29) is 24.0 Å². The molecule has 7 heteroatoms. The Bertz CT molecular complexity index is 789. The van der Waals surface area contributed by atoms with Crippen molar-refractivity contribution >= 4 is 15.9 Å². The molecule has 0 saturated carbocycles. The molecule has 0 aliphatic carbocycles. The number of rotatable bonds is 6. The van der Waals surface area contributed by atoms with Crippen molar-refractivity contribution in [2.45, 2.75) is 71.5 Å². The highest BCUT2D eigenvalue weighted by Crippen LogP contribution is 2.23. The van der Waals surface area contributed by atoms with Crippen LogP contribution in [0.3, 0.4) is 0 Å². The maximum Gasteiger partial charge on any atom is 0.243 e. The largest absolute Gasteiger partial charge is 0.336 e. The van der Waals surface area contributed by atoms with Crippen LogP contribution in [0.5, 0.6) is 0 Å². The third-order valence-corrected chi connectivity index (χ3v) is 7.55. The molecule has 1 amide bonds. The molecule has 1 atom stereocenters. The zero-order valence-electron chi connectivity index (χ0n) is 18.3. The van der Waals surface area contributed by atoms with Gasteiger partial charge in [0.15, 0.2) is 0 Å². The van der Waals surface area contributed by atoms with Crippen molar-refractivity contribution in [3.8, 4) is 0 Å². The molecule has 0 spiro atoms. The van der Waals surface area contributed by atoms with E-state index in [4.69, 9.17) is 0 Å². The van der Waals surface area contributed by atoms with Gasteiger partial charge in [0.25, 0.3) is 0 Å². The van der Waals surface area contributed by atoms with Crippen LogP contribution in [0.2, 0.25) is 0 Å². The molecule has 0 radical (unpaired) electrons. The first kappa shape index (κ1) is 22.8. The maximum atomic E-state index is 13.1. The van der Waals surface area contributed by atoms with Gasteiger partial charge in [-0.15, -0.1) is 0 Å². The summed E-state index contributed by atoms with van der Waals surface area (Å²) in [4.78, 5) is 17.3. The van der Waals surface area contributed by atoms with Crippen LogP contribution in [0.1, 0.15) is 45.7 Å². The zero-order chi connectivity index (χ0) is 21.2. The minimum absolute atomic E-state index is 0.107. The second-order valence-corrected chi connectivity index (χ2v) is 10.2. The van der Waals surface area contributed by atoms with E-state index in [1.165, 1.54) is 0 Å². The van der Waals surface area contributed by atoms with Gasteiger partial charge in [0.1, 0.15) is 0 Å². The highest BCUT2D eigenvalue weighted by molar-refractivity contribution is 7.89. The van der Waals surface area contributed by atoms with E-state index in [9.17, 15) is 13.2 Å². The molecule has 28 heavy (non-hydrogen) atoms. The molecule has 6 nitrogen and oxygen atoms in total. The Balaban J connectivity index is 2.09. The molecule has 2 rings (SSSR count). The second kappa shape index (κ2) is 8.93. The third kappa shape index (κ3) is 4.75. The van der Waals surface area contributed by atoms with Gasteiger partial charge in [-0.25, -0.2) is 8.42 Å². The highest BCUT2D eigenvalue weighted by Gasteiger charge is 2.34. The monoisotopic (exact) mass is 409 g/mol.